The van der Waals surface area contributed by atoms with Gasteiger partial charge < -0.3 is 11.1 Å². The summed E-state index contributed by atoms with van der Waals surface area (Å²) in [6.45, 7) is 1.86. The molecule has 0 aliphatic rings. The molecule has 0 aliphatic carbocycles. The normalized spacial score (nSPS) is 11.3. The van der Waals surface area contributed by atoms with Crippen molar-refractivity contribution in [1.82, 2.24) is 14.8 Å². The Morgan fingerprint density at radius 1 is 1.50 bits per heavy atom. The van der Waals surface area contributed by atoms with Gasteiger partial charge in [0.15, 0.2) is 5.82 Å². The topological polar surface area (TPSA) is 92.5 Å². The number of alkyl halides is 3. The molecule has 0 amide bonds. The van der Waals surface area contributed by atoms with Crippen LogP contribution in [-0.2, 0) is 6.18 Å². The van der Waals surface area contributed by atoms with E-state index in [0.717, 1.165) is 10.7 Å². The van der Waals surface area contributed by atoms with Crippen LogP contribution in [0.15, 0.2) is 12.3 Å². The zero-order valence-corrected chi connectivity index (χ0v) is 12.0. The summed E-state index contributed by atoms with van der Waals surface area (Å²) in [6.07, 6.45) is -3.43. The molecule has 0 aliphatic heterocycles. The number of nitrogens with one attached hydrogen (secondary N) is 1. The molecular weight excluding hydrogens is 321 g/mol. The van der Waals surface area contributed by atoms with Crippen LogP contribution in [0, 0.1) is 11.3 Å². The molecule has 0 radical (unpaired) electrons. The lowest BCUT2D eigenvalue weighted by Crippen LogP contribution is -2.15. The number of halogens is 4. The summed E-state index contributed by atoms with van der Waals surface area (Å²) in [7, 11) is 0. The van der Waals surface area contributed by atoms with Gasteiger partial charge >= 0.3 is 6.18 Å². The van der Waals surface area contributed by atoms with Gasteiger partial charge in [0.05, 0.1) is 16.8 Å². The van der Waals surface area contributed by atoms with E-state index in [2.05, 4.69) is 15.4 Å². The van der Waals surface area contributed by atoms with Crippen LogP contribution in [0.4, 0.5) is 24.8 Å². The Morgan fingerprint density at radius 2 is 2.18 bits per heavy atom. The van der Waals surface area contributed by atoms with Crippen molar-refractivity contribution in [2.24, 2.45) is 0 Å². The summed E-state index contributed by atoms with van der Waals surface area (Å²) in [5, 5.41) is 14.9. The SMILES string of the molecule is CCNc1nc(-n2ncc(C#N)c2N)c(Cl)cc1C(F)(F)F. The number of pyridine rings is 1. The molecule has 0 unspecified atom stereocenters. The number of rotatable bonds is 3. The molecular formula is C12H10ClF3N6. The van der Waals surface area contributed by atoms with Crippen molar-refractivity contribution in [2.45, 2.75) is 13.1 Å². The lowest BCUT2D eigenvalue weighted by Gasteiger charge is -2.15. The van der Waals surface area contributed by atoms with E-state index in [1.54, 1.807) is 13.0 Å². The first kappa shape index (κ1) is 15.9. The minimum Gasteiger partial charge on any atom is -0.382 e. The highest BCUT2D eigenvalue weighted by molar-refractivity contribution is 6.32. The van der Waals surface area contributed by atoms with Gasteiger partial charge in [-0.3, -0.25) is 0 Å². The third-order valence-electron chi connectivity index (χ3n) is 2.73. The average Bonchev–Trinajstić information content (AvgIpc) is 2.80. The van der Waals surface area contributed by atoms with E-state index in [-0.39, 0.29) is 34.6 Å². The van der Waals surface area contributed by atoms with Crippen molar-refractivity contribution >= 4 is 23.2 Å². The van der Waals surface area contributed by atoms with Gasteiger partial charge in [0, 0.05) is 6.54 Å². The van der Waals surface area contributed by atoms with E-state index in [9.17, 15) is 13.2 Å². The van der Waals surface area contributed by atoms with Crippen LogP contribution in [0.1, 0.15) is 18.1 Å². The maximum Gasteiger partial charge on any atom is 0.420 e. The standard InChI is InChI=1S/C12H10ClF3N6/c1-2-19-10-7(12(14,15)16)3-8(13)11(21-10)22-9(18)6(4-17)5-20-22/h3,5H,2,18H2,1H3,(H,19,21). The van der Waals surface area contributed by atoms with E-state index in [0.29, 0.717) is 0 Å². The molecule has 3 N–H and O–H groups in total. The molecule has 0 saturated heterocycles. The number of nitrogens with zero attached hydrogens (tertiary/aromatic N) is 4. The summed E-state index contributed by atoms with van der Waals surface area (Å²) in [5.41, 5.74) is 4.78. The molecule has 0 aromatic carbocycles. The zero-order chi connectivity index (χ0) is 16.5. The van der Waals surface area contributed by atoms with E-state index >= 15 is 0 Å². The molecule has 2 aromatic heterocycles. The third kappa shape index (κ3) is 2.78. The fraction of sp³-hybridized carbons (Fsp3) is 0.250. The Kier molecular flexibility index (Phi) is 4.14. The van der Waals surface area contributed by atoms with Crippen LogP contribution >= 0.6 is 11.6 Å². The number of hydrogen-bond acceptors (Lipinski definition) is 5. The molecule has 0 saturated carbocycles. The second-order valence-corrected chi connectivity index (χ2v) is 4.59. The summed E-state index contributed by atoms with van der Waals surface area (Å²) in [6, 6.07) is 2.55. The molecule has 2 heterocycles. The third-order valence-corrected chi connectivity index (χ3v) is 3.01. The predicted molar refractivity (Wildman–Crippen MR) is 74.7 cm³/mol. The monoisotopic (exact) mass is 330 g/mol. The highest BCUT2D eigenvalue weighted by atomic mass is 35.5. The zero-order valence-electron chi connectivity index (χ0n) is 11.2. The maximum atomic E-state index is 13.0. The van der Waals surface area contributed by atoms with Crippen molar-refractivity contribution in [3.8, 4) is 11.9 Å². The van der Waals surface area contributed by atoms with E-state index in [1.807, 2.05) is 0 Å². The van der Waals surface area contributed by atoms with Crippen molar-refractivity contribution in [1.29, 1.82) is 5.26 Å². The first-order valence-corrected chi connectivity index (χ1v) is 6.43. The fourth-order valence-corrected chi connectivity index (χ4v) is 1.99. The predicted octanol–water partition coefficient (Wildman–Crippen LogP) is 2.83. The maximum absolute atomic E-state index is 13.0. The van der Waals surface area contributed by atoms with Gasteiger partial charge in [-0.15, -0.1) is 0 Å². The highest BCUT2D eigenvalue weighted by Gasteiger charge is 2.35. The number of nitrogen functional groups attached to an aromatic ring is 1. The minimum atomic E-state index is -4.61. The van der Waals surface area contributed by atoms with Crippen LogP contribution in [0.2, 0.25) is 5.02 Å². The van der Waals surface area contributed by atoms with Crippen LogP contribution < -0.4 is 11.1 Å². The van der Waals surface area contributed by atoms with E-state index in [1.165, 1.54) is 6.20 Å². The molecule has 10 heteroatoms. The number of hydrogen-bond donors (Lipinski definition) is 2. The molecule has 22 heavy (non-hydrogen) atoms. The molecule has 0 atom stereocenters. The number of nitriles is 1. The summed E-state index contributed by atoms with van der Waals surface area (Å²) in [4.78, 5) is 3.86. The first-order chi connectivity index (χ1) is 10.3. The van der Waals surface area contributed by atoms with Crippen molar-refractivity contribution < 1.29 is 13.2 Å². The Bertz CT molecular complexity index is 747. The second-order valence-electron chi connectivity index (χ2n) is 4.19. The lowest BCUT2D eigenvalue weighted by atomic mass is 10.2. The van der Waals surface area contributed by atoms with Gasteiger partial charge in [0.25, 0.3) is 0 Å². The number of anilines is 2. The van der Waals surface area contributed by atoms with Gasteiger partial charge in [0.2, 0.25) is 0 Å². The molecule has 116 valence electrons. The van der Waals surface area contributed by atoms with E-state index in [4.69, 9.17) is 22.6 Å². The summed E-state index contributed by atoms with van der Waals surface area (Å²) < 4.78 is 40.0. The molecule has 2 aromatic rings. The first-order valence-electron chi connectivity index (χ1n) is 6.05. The molecule has 0 bridgehead atoms. The van der Waals surface area contributed by atoms with Crippen LogP contribution in [-0.4, -0.2) is 21.3 Å². The molecule has 0 fully saturated rings. The Balaban J connectivity index is 2.65. The Labute approximate surface area is 128 Å². The van der Waals surface area contributed by atoms with E-state index < -0.39 is 11.7 Å². The van der Waals surface area contributed by atoms with Crippen molar-refractivity contribution in [3.63, 3.8) is 0 Å². The lowest BCUT2D eigenvalue weighted by molar-refractivity contribution is -0.137. The summed E-state index contributed by atoms with van der Waals surface area (Å²) >= 11 is 5.88. The van der Waals surface area contributed by atoms with Gasteiger partial charge in [-0.1, -0.05) is 11.6 Å². The van der Waals surface area contributed by atoms with Gasteiger partial charge in [-0.25, -0.2) is 4.98 Å². The smallest absolute Gasteiger partial charge is 0.382 e. The van der Waals surface area contributed by atoms with Gasteiger partial charge in [-0.05, 0) is 13.0 Å². The van der Waals surface area contributed by atoms with Gasteiger partial charge in [-0.2, -0.15) is 28.2 Å². The van der Waals surface area contributed by atoms with Crippen LogP contribution in [0.3, 0.4) is 0 Å². The number of aromatic nitrogens is 3. The summed E-state index contributed by atoms with van der Waals surface area (Å²) in [5.74, 6) is -0.536. The Hall–Kier alpha value is -2.47. The largest absolute Gasteiger partial charge is 0.420 e. The number of nitrogens with two attached hydrogens (primary N) is 1. The van der Waals surface area contributed by atoms with Crippen molar-refractivity contribution in [2.75, 3.05) is 17.6 Å². The molecule has 6 nitrogen and oxygen atoms in total. The van der Waals surface area contributed by atoms with Crippen LogP contribution in [0.5, 0.6) is 0 Å². The second kappa shape index (κ2) is 5.73. The van der Waals surface area contributed by atoms with Gasteiger partial charge in [0.1, 0.15) is 23.3 Å². The average molecular weight is 331 g/mol. The van der Waals surface area contributed by atoms with Crippen LogP contribution in [0.25, 0.3) is 5.82 Å². The minimum absolute atomic E-state index is 0.0564. The highest BCUT2D eigenvalue weighted by Crippen LogP contribution is 2.37. The molecule has 2 rings (SSSR count). The Morgan fingerprint density at radius 3 is 2.68 bits per heavy atom. The van der Waals surface area contributed by atoms with Crippen molar-refractivity contribution in [3.05, 3.63) is 28.4 Å². The quantitative estimate of drug-likeness (QED) is 0.902. The molecule has 0 spiro atoms. The fourth-order valence-electron chi connectivity index (χ4n) is 1.76.